The van der Waals surface area contributed by atoms with Crippen molar-refractivity contribution in [2.45, 2.75) is 58.2 Å². The zero-order chi connectivity index (χ0) is 22.4. The molecule has 1 aromatic rings. The highest BCUT2D eigenvalue weighted by atomic mass is 79.9. The van der Waals surface area contributed by atoms with Crippen molar-refractivity contribution >= 4 is 39.8 Å². The molecule has 1 heterocycles. The molecule has 30 heavy (non-hydrogen) atoms. The Balaban J connectivity index is 2.53. The predicted molar refractivity (Wildman–Crippen MR) is 105 cm³/mol. The van der Waals surface area contributed by atoms with Gasteiger partial charge < -0.3 is 23.7 Å². The lowest BCUT2D eigenvalue weighted by Gasteiger charge is -2.44. The lowest BCUT2D eigenvalue weighted by Crippen LogP contribution is -2.59. The van der Waals surface area contributed by atoms with Gasteiger partial charge in [-0.2, -0.15) is 0 Å². The quantitative estimate of drug-likeness (QED) is 0.440. The van der Waals surface area contributed by atoms with Gasteiger partial charge in [-0.3, -0.25) is 19.2 Å². The van der Waals surface area contributed by atoms with Gasteiger partial charge in [0.25, 0.3) is 0 Å². The molecule has 0 bridgehead atoms. The van der Waals surface area contributed by atoms with Crippen LogP contribution in [0.1, 0.15) is 39.4 Å². The first-order valence-electron chi connectivity index (χ1n) is 9.14. The SMILES string of the molecule is CC(=O)OCC1OC(c2cccc(Br)c2)C(OC(C)=O)C(OC(C)=O)C1OC(C)=O. The second kappa shape index (κ2) is 10.5. The van der Waals surface area contributed by atoms with Crippen LogP contribution in [0, 0.1) is 0 Å². The van der Waals surface area contributed by atoms with Crippen LogP contribution in [-0.4, -0.2) is 54.9 Å². The van der Waals surface area contributed by atoms with Crippen LogP contribution in [0.2, 0.25) is 0 Å². The highest BCUT2D eigenvalue weighted by Crippen LogP contribution is 2.38. The minimum absolute atomic E-state index is 0.262. The topological polar surface area (TPSA) is 114 Å². The van der Waals surface area contributed by atoms with Gasteiger partial charge in [0, 0.05) is 32.2 Å². The molecule has 5 unspecified atom stereocenters. The van der Waals surface area contributed by atoms with Crippen molar-refractivity contribution in [3.8, 4) is 0 Å². The van der Waals surface area contributed by atoms with Crippen LogP contribution in [0.15, 0.2) is 28.7 Å². The molecule has 1 saturated heterocycles. The molecular weight excluding hydrogens is 464 g/mol. The van der Waals surface area contributed by atoms with Crippen molar-refractivity contribution in [1.82, 2.24) is 0 Å². The van der Waals surface area contributed by atoms with E-state index in [4.69, 9.17) is 23.7 Å². The molecule has 10 heteroatoms. The van der Waals surface area contributed by atoms with Crippen LogP contribution in [-0.2, 0) is 42.9 Å². The number of carbonyl (C=O) groups is 4. The van der Waals surface area contributed by atoms with Gasteiger partial charge in [0.15, 0.2) is 18.3 Å². The number of esters is 4. The largest absolute Gasteiger partial charge is 0.463 e. The Kier molecular flexibility index (Phi) is 8.36. The third kappa shape index (κ3) is 6.53. The molecule has 1 aliphatic heterocycles. The predicted octanol–water partition coefficient (Wildman–Crippen LogP) is 2.25. The monoisotopic (exact) mass is 486 g/mol. The van der Waals surface area contributed by atoms with Gasteiger partial charge in [0.05, 0.1) is 0 Å². The van der Waals surface area contributed by atoms with E-state index >= 15 is 0 Å². The fraction of sp³-hybridized carbons (Fsp3) is 0.500. The molecule has 0 radical (unpaired) electrons. The fourth-order valence-electron chi connectivity index (χ4n) is 3.18. The zero-order valence-corrected chi connectivity index (χ0v) is 18.5. The molecule has 1 aliphatic rings. The van der Waals surface area contributed by atoms with E-state index in [1.165, 1.54) is 27.7 Å². The fourth-order valence-corrected chi connectivity index (χ4v) is 3.60. The van der Waals surface area contributed by atoms with E-state index in [9.17, 15) is 19.2 Å². The van der Waals surface area contributed by atoms with Crippen LogP contribution >= 0.6 is 15.9 Å². The molecule has 0 aliphatic carbocycles. The maximum Gasteiger partial charge on any atom is 0.303 e. The molecule has 5 atom stereocenters. The molecule has 0 N–H and O–H groups in total. The molecule has 1 aromatic carbocycles. The minimum atomic E-state index is -1.19. The van der Waals surface area contributed by atoms with Gasteiger partial charge in [0.1, 0.15) is 18.8 Å². The molecule has 0 spiro atoms. The average molecular weight is 487 g/mol. The Hall–Kier alpha value is -2.46. The van der Waals surface area contributed by atoms with Gasteiger partial charge in [-0.05, 0) is 17.7 Å². The lowest BCUT2D eigenvalue weighted by atomic mass is 9.90. The second-order valence-electron chi connectivity index (χ2n) is 6.67. The minimum Gasteiger partial charge on any atom is -0.463 e. The summed E-state index contributed by atoms with van der Waals surface area (Å²) in [6.45, 7) is 4.52. The van der Waals surface area contributed by atoms with E-state index in [0.717, 1.165) is 4.47 Å². The van der Waals surface area contributed by atoms with E-state index < -0.39 is 54.4 Å². The van der Waals surface area contributed by atoms with E-state index in [1.807, 2.05) is 0 Å². The molecule has 0 aromatic heterocycles. The number of rotatable bonds is 6. The van der Waals surface area contributed by atoms with E-state index in [1.54, 1.807) is 24.3 Å². The van der Waals surface area contributed by atoms with Crippen LogP contribution in [0.25, 0.3) is 0 Å². The van der Waals surface area contributed by atoms with Gasteiger partial charge in [-0.25, -0.2) is 0 Å². The first kappa shape index (κ1) is 23.8. The van der Waals surface area contributed by atoms with Crippen molar-refractivity contribution in [2.24, 2.45) is 0 Å². The average Bonchev–Trinajstić information content (AvgIpc) is 2.62. The first-order valence-corrected chi connectivity index (χ1v) is 9.93. The number of carbonyl (C=O) groups excluding carboxylic acids is 4. The molecule has 9 nitrogen and oxygen atoms in total. The Morgan fingerprint density at radius 2 is 1.43 bits per heavy atom. The number of hydrogen-bond donors (Lipinski definition) is 0. The summed E-state index contributed by atoms with van der Waals surface area (Å²) < 4.78 is 28.1. The smallest absolute Gasteiger partial charge is 0.303 e. The highest BCUT2D eigenvalue weighted by Gasteiger charge is 2.52. The number of ether oxygens (including phenoxy) is 5. The van der Waals surface area contributed by atoms with Crippen LogP contribution < -0.4 is 0 Å². The van der Waals surface area contributed by atoms with Crippen LogP contribution in [0.3, 0.4) is 0 Å². The summed E-state index contributed by atoms with van der Waals surface area (Å²) in [4.78, 5) is 46.7. The Bertz CT molecular complexity index is 809. The maximum atomic E-state index is 11.8. The highest BCUT2D eigenvalue weighted by molar-refractivity contribution is 9.10. The van der Waals surface area contributed by atoms with Crippen molar-refractivity contribution < 1.29 is 42.9 Å². The number of benzene rings is 1. The van der Waals surface area contributed by atoms with Gasteiger partial charge in [0.2, 0.25) is 0 Å². The summed E-state index contributed by atoms with van der Waals surface area (Å²) in [5, 5.41) is 0. The number of hydrogen-bond acceptors (Lipinski definition) is 9. The zero-order valence-electron chi connectivity index (χ0n) is 17.0. The molecular formula is C20H23BrO9. The molecule has 0 amide bonds. The summed E-state index contributed by atoms with van der Waals surface area (Å²) in [7, 11) is 0. The third-order valence-electron chi connectivity index (χ3n) is 4.17. The van der Waals surface area contributed by atoms with Crippen LogP contribution in [0.4, 0.5) is 0 Å². The summed E-state index contributed by atoms with van der Waals surface area (Å²) in [6.07, 6.45) is -5.33. The van der Waals surface area contributed by atoms with Crippen molar-refractivity contribution in [1.29, 1.82) is 0 Å². The molecule has 0 saturated carbocycles. The summed E-state index contributed by atoms with van der Waals surface area (Å²) in [6, 6.07) is 7.05. The van der Waals surface area contributed by atoms with Crippen molar-refractivity contribution in [3.63, 3.8) is 0 Å². The van der Waals surface area contributed by atoms with Gasteiger partial charge >= 0.3 is 23.9 Å². The van der Waals surface area contributed by atoms with E-state index in [2.05, 4.69) is 15.9 Å². The summed E-state index contributed by atoms with van der Waals surface area (Å²) in [5.41, 5.74) is 0.613. The van der Waals surface area contributed by atoms with Gasteiger partial charge in [-0.1, -0.05) is 28.1 Å². The Labute approximate surface area is 182 Å². The molecule has 164 valence electrons. The number of halogens is 1. The summed E-state index contributed by atoms with van der Waals surface area (Å²) >= 11 is 3.38. The van der Waals surface area contributed by atoms with Gasteiger partial charge in [-0.15, -0.1) is 0 Å². The Morgan fingerprint density at radius 3 is 1.97 bits per heavy atom. The normalized spacial score (nSPS) is 25.7. The molecule has 1 fully saturated rings. The van der Waals surface area contributed by atoms with Crippen molar-refractivity contribution in [3.05, 3.63) is 34.3 Å². The third-order valence-corrected chi connectivity index (χ3v) is 4.66. The second-order valence-corrected chi connectivity index (χ2v) is 7.59. The first-order chi connectivity index (χ1) is 14.1. The standard InChI is InChI=1S/C20H23BrO9/c1-10(22)26-9-16-18(27-11(2)23)20(29-13(4)25)19(28-12(3)24)17(30-16)14-6-5-7-15(21)8-14/h5-8,16-20H,9H2,1-4H3. The maximum absolute atomic E-state index is 11.8. The van der Waals surface area contributed by atoms with E-state index in [0.29, 0.717) is 5.56 Å². The Morgan fingerprint density at radius 1 is 0.867 bits per heavy atom. The van der Waals surface area contributed by atoms with Crippen LogP contribution in [0.5, 0.6) is 0 Å². The van der Waals surface area contributed by atoms with E-state index in [-0.39, 0.29) is 6.61 Å². The lowest BCUT2D eigenvalue weighted by molar-refractivity contribution is -0.254. The van der Waals surface area contributed by atoms with Crippen molar-refractivity contribution in [2.75, 3.05) is 6.61 Å². The molecule has 2 rings (SSSR count). The summed E-state index contributed by atoms with van der Waals surface area (Å²) in [5.74, 6) is -2.54.